The number of rotatable bonds is 7. The lowest BCUT2D eigenvalue weighted by atomic mass is 10.2. The van der Waals surface area contributed by atoms with Gasteiger partial charge in [-0.15, -0.1) is 0 Å². The average Bonchev–Trinajstić information content (AvgIpc) is 2.69. The molecule has 1 heterocycles. The van der Waals surface area contributed by atoms with Crippen LogP contribution < -0.4 is 4.74 Å². The van der Waals surface area contributed by atoms with Gasteiger partial charge in [0.15, 0.2) is 0 Å². The highest BCUT2D eigenvalue weighted by Gasteiger charge is 2.20. The normalized spacial score (nSPS) is 12.0. The van der Waals surface area contributed by atoms with Crippen molar-refractivity contribution in [2.75, 3.05) is 20.2 Å². The lowest BCUT2D eigenvalue weighted by molar-refractivity contribution is -0.129. The van der Waals surface area contributed by atoms with E-state index >= 15 is 0 Å². The molecule has 0 aliphatic rings. The predicted octanol–water partition coefficient (Wildman–Crippen LogP) is 4.30. The Labute approximate surface area is 167 Å². The maximum absolute atomic E-state index is 12.7. The van der Waals surface area contributed by atoms with Gasteiger partial charge in [0.2, 0.25) is 5.91 Å². The number of carbonyl (C=O) groups excluding carboxylic acids is 1. The van der Waals surface area contributed by atoms with Crippen molar-refractivity contribution in [3.63, 3.8) is 0 Å². The number of aromatic nitrogens is 2. The topological polar surface area (TPSA) is 55.3 Å². The number of ether oxygens (including phenoxy) is 1. The molecule has 3 rings (SSSR count). The molecule has 0 bridgehead atoms. The monoisotopic (exact) mass is 401 g/mol. The Morgan fingerprint density at radius 3 is 2.70 bits per heavy atom. The van der Waals surface area contributed by atoms with Crippen LogP contribution in [0.2, 0.25) is 5.02 Å². The van der Waals surface area contributed by atoms with Gasteiger partial charge in [0.1, 0.15) is 23.7 Å². The molecule has 5 nitrogen and oxygen atoms in total. The average molecular weight is 402 g/mol. The van der Waals surface area contributed by atoms with E-state index in [1.54, 1.807) is 24.1 Å². The van der Waals surface area contributed by atoms with Crippen LogP contribution >= 0.6 is 23.4 Å². The smallest absolute Gasteiger partial charge is 0.235 e. The summed E-state index contributed by atoms with van der Waals surface area (Å²) in [6.07, 6.45) is 1.53. The van der Waals surface area contributed by atoms with E-state index in [0.29, 0.717) is 18.2 Å². The van der Waals surface area contributed by atoms with E-state index in [9.17, 15) is 4.79 Å². The second-order valence-electron chi connectivity index (χ2n) is 6.02. The number of nitrogens with zero attached hydrogens (tertiary/aromatic N) is 3. The van der Waals surface area contributed by atoms with E-state index in [2.05, 4.69) is 9.97 Å². The molecule has 0 fully saturated rings. The van der Waals surface area contributed by atoms with Gasteiger partial charge in [-0.2, -0.15) is 0 Å². The predicted molar refractivity (Wildman–Crippen MR) is 109 cm³/mol. The van der Waals surface area contributed by atoms with Crippen LogP contribution in [0.1, 0.15) is 6.92 Å². The van der Waals surface area contributed by atoms with Gasteiger partial charge >= 0.3 is 0 Å². The molecule has 2 aromatic carbocycles. The van der Waals surface area contributed by atoms with Gasteiger partial charge in [-0.25, -0.2) is 9.97 Å². The fraction of sp³-hybridized carbons (Fsp3) is 0.250. The molecular weight excluding hydrogens is 382 g/mol. The van der Waals surface area contributed by atoms with Crippen molar-refractivity contribution in [3.8, 4) is 5.75 Å². The van der Waals surface area contributed by atoms with E-state index in [0.717, 1.165) is 21.7 Å². The van der Waals surface area contributed by atoms with Crippen LogP contribution in [0.4, 0.5) is 0 Å². The van der Waals surface area contributed by atoms with E-state index in [-0.39, 0.29) is 11.2 Å². The van der Waals surface area contributed by atoms with E-state index in [1.165, 1.54) is 18.1 Å². The van der Waals surface area contributed by atoms with Crippen LogP contribution in [0.3, 0.4) is 0 Å². The van der Waals surface area contributed by atoms with Crippen molar-refractivity contribution in [1.82, 2.24) is 14.9 Å². The minimum absolute atomic E-state index is 0.0300. The van der Waals surface area contributed by atoms with Crippen LogP contribution in [0.15, 0.2) is 59.9 Å². The lowest BCUT2D eigenvalue weighted by Crippen LogP contribution is -2.36. The van der Waals surface area contributed by atoms with Crippen LogP contribution in [0.25, 0.3) is 10.9 Å². The molecule has 27 heavy (non-hydrogen) atoms. The molecule has 7 heteroatoms. The number of hydrogen-bond donors (Lipinski definition) is 0. The summed E-state index contributed by atoms with van der Waals surface area (Å²) in [6, 6.07) is 15.0. The molecule has 0 N–H and O–H groups in total. The summed E-state index contributed by atoms with van der Waals surface area (Å²) in [5.41, 5.74) is 0.874. The molecule has 1 unspecified atom stereocenters. The second kappa shape index (κ2) is 9.06. The number of carbonyl (C=O) groups is 1. The van der Waals surface area contributed by atoms with Gasteiger partial charge in [-0.3, -0.25) is 4.79 Å². The third-order valence-corrected chi connectivity index (χ3v) is 5.38. The largest absolute Gasteiger partial charge is 0.492 e. The summed E-state index contributed by atoms with van der Waals surface area (Å²) >= 11 is 7.30. The molecule has 0 saturated carbocycles. The van der Waals surface area contributed by atoms with Gasteiger partial charge in [0.25, 0.3) is 0 Å². The number of halogens is 1. The third kappa shape index (κ3) is 5.11. The van der Waals surface area contributed by atoms with Crippen molar-refractivity contribution in [3.05, 3.63) is 59.9 Å². The van der Waals surface area contributed by atoms with Gasteiger partial charge in [0.05, 0.1) is 17.3 Å². The molecule has 0 radical (unpaired) electrons. The van der Waals surface area contributed by atoms with Crippen molar-refractivity contribution >= 4 is 40.2 Å². The summed E-state index contributed by atoms with van der Waals surface area (Å²) in [5.74, 6) is 0.762. The summed E-state index contributed by atoms with van der Waals surface area (Å²) in [5, 5.41) is 2.17. The molecule has 0 spiro atoms. The fourth-order valence-corrected chi connectivity index (χ4v) is 3.69. The number of thioether (sulfide) groups is 1. The Hall–Kier alpha value is -2.31. The van der Waals surface area contributed by atoms with Crippen LogP contribution in [-0.2, 0) is 4.79 Å². The van der Waals surface area contributed by atoms with Crippen LogP contribution in [-0.4, -0.2) is 46.2 Å². The first kappa shape index (κ1) is 19.5. The summed E-state index contributed by atoms with van der Waals surface area (Å²) in [6.45, 7) is 2.80. The third-order valence-electron chi connectivity index (χ3n) is 4.03. The Morgan fingerprint density at radius 1 is 1.19 bits per heavy atom. The number of benzene rings is 2. The molecule has 1 amide bonds. The first-order valence-electron chi connectivity index (χ1n) is 8.54. The van der Waals surface area contributed by atoms with Crippen molar-refractivity contribution in [2.24, 2.45) is 0 Å². The van der Waals surface area contributed by atoms with Crippen LogP contribution in [0, 0.1) is 0 Å². The molecule has 1 atom stereocenters. The van der Waals surface area contributed by atoms with Gasteiger partial charge in [0, 0.05) is 17.5 Å². The fourth-order valence-electron chi connectivity index (χ4n) is 2.54. The molecule has 1 aromatic heterocycles. The van der Waals surface area contributed by atoms with Gasteiger partial charge in [-0.05, 0) is 37.3 Å². The maximum atomic E-state index is 12.7. The van der Waals surface area contributed by atoms with Gasteiger partial charge < -0.3 is 9.64 Å². The highest BCUT2D eigenvalue weighted by atomic mass is 35.5. The maximum Gasteiger partial charge on any atom is 0.235 e. The number of para-hydroxylation sites is 1. The van der Waals surface area contributed by atoms with Crippen molar-refractivity contribution in [2.45, 2.75) is 17.2 Å². The zero-order chi connectivity index (χ0) is 19.2. The molecule has 140 valence electrons. The van der Waals surface area contributed by atoms with E-state index < -0.39 is 0 Å². The molecule has 0 saturated heterocycles. The molecule has 0 aliphatic carbocycles. The Morgan fingerprint density at radius 2 is 1.93 bits per heavy atom. The first-order valence-corrected chi connectivity index (χ1v) is 9.80. The Bertz CT molecular complexity index is 915. The minimum Gasteiger partial charge on any atom is -0.492 e. The Kier molecular flexibility index (Phi) is 6.53. The summed E-state index contributed by atoms with van der Waals surface area (Å²) in [4.78, 5) is 22.9. The first-order chi connectivity index (χ1) is 13.0. The van der Waals surface area contributed by atoms with Crippen LogP contribution in [0.5, 0.6) is 5.75 Å². The number of hydrogen-bond acceptors (Lipinski definition) is 5. The van der Waals surface area contributed by atoms with Crippen molar-refractivity contribution < 1.29 is 9.53 Å². The quantitative estimate of drug-likeness (QED) is 0.436. The van der Waals surface area contributed by atoms with E-state index in [4.69, 9.17) is 16.3 Å². The highest BCUT2D eigenvalue weighted by Crippen LogP contribution is 2.28. The second-order valence-corrected chi connectivity index (χ2v) is 7.78. The van der Waals surface area contributed by atoms with Crippen molar-refractivity contribution in [1.29, 1.82) is 0 Å². The summed E-state index contributed by atoms with van der Waals surface area (Å²) < 4.78 is 5.66. The summed E-state index contributed by atoms with van der Waals surface area (Å²) in [7, 11) is 1.78. The molecule has 3 aromatic rings. The number of fused-ring (bicyclic) bond motifs is 1. The van der Waals surface area contributed by atoms with Gasteiger partial charge in [-0.1, -0.05) is 41.6 Å². The Balaban J connectivity index is 1.55. The molecular formula is C20H20ClN3O2S. The SMILES string of the molecule is CC(Sc1ncnc2ccccc12)C(=O)N(C)CCOc1ccc(Cl)cc1. The minimum atomic E-state index is -0.260. The standard InChI is InChI=1S/C20H20ClN3O2S/c1-14(27-19-17-5-3-4-6-18(17)22-13-23-19)20(25)24(2)11-12-26-16-9-7-15(21)8-10-16/h3-10,13-14H,11-12H2,1-2H3. The van der Waals surface area contributed by atoms with E-state index in [1.807, 2.05) is 43.3 Å². The zero-order valence-corrected chi connectivity index (χ0v) is 16.7. The lowest BCUT2D eigenvalue weighted by Gasteiger charge is -2.21. The zero-order valence-electron chi connectivity index (χ0n) is 15.1. The highest BCUT2D eigenvalue weighted by molar-refractivity contribution is 8.00. The number of likely N-dealkylation sites (N-methyl/N-ethyl adjacent to an activating group) is 1. The molecule has 0 aliphatic heterocycles. The number of amides is 1.